The zero-order valence-electron chi connectivity index (χ0n) is 10.4. The quantitative estimate of drug-likeness (QED) is 0.631. The highest BCUT2D eigenvalue weighted by Gasteiger charge is 2.22. The summed E-state index contributed by atoms with van der Waals surface area (Å²) in [5, 5.41) is 24.7. The van der Waals surface area contributed by atoms with Crippen molar-refractivity contribution in [2.75, 3.05) is 5.32 Å². The molecule has 20 heavy (non-hydrogen) atoms. The van der Waals surface area contributed by atoms with Crippen LogP contribution in [0.1, 0.15) is 4.88 Å². The lowest BCUT2D eigenvalue weighted by molar-refractivity contribution is -0.384. The minimum Gasteiger partial charge on any atom is -0.480 e. The molecule has 104 valence electrons. The summed E-state index contributed by atoms with van der Waals surface area (Å²) < 4.78 is 0. The summed E-state index contributed by atoms with van der Waals surface area (Å²) in [5.41, 5.74) is 0.0754. The lowest BCUT2D eigenvalue weighted by Gasteiger charge is -2.14. The van der Waals surface area contributed by atoms with Gasteiger partial charge < -0.3 is 10.4 Å². The molecule has 7 heteroatoms. The second kappa shape index (κ2) is 6.16. The monoisotopic (exact) mass is 292 g/mol. The van der Waals surface area contributed by atoms with Crippen LogP contribution in [0.15, 0.2) is 41.8 Å². The molecule has 2 rings (SSSR count). The van der Waals surface area contributed by atoms with Crippen LogP contribution in [0.3, 0.4) is 0 Å². The standard InChI is InChI=1S/C13H12N2O4S/c16-13(17)11(8-9-4-3-7-20-9)14-10-5-1-2-6-12(10)15(18)19/h1-7,11,14H,8H2,(H,16,17). The average Bonchev–Trinajstić information content (AvgIpc) is 2.91. The topological polar surface area (TPSA) is 92.5 Å². The molecule has 6 nitrogen and oxygen atoms in total. The van der Waals surface area contributed by atoms with Gasteiger partial charge in [-0.15, -0.1) is 11.3 Å². The summed E-state index contributed by atoms with van der Waals surface area (Å²) in [6.45, 7) is 0. The van der Waals surface area contributed by atoms with Crippen LogP contribution in [0.5, 0.6) is 0 Å². The largest absolute Gasteiger partial charge is 0.480 e. The first-order valence-corrected chi connectivity index (χ1v) is 6.71. The maximum atomic E-state index is 11.3. The molecule has 1 aromatic heterocycles. The molecule has 1 unspecified atom stereocenters. The molecule has 0 aliphatic heterocycles. The van der Waals surface area contributed by atoms with E-state index < -0.39 is 16.9 Å². The summed E-state index contributed by atoms with van der Waals surface area (Å²) in [6, 6.07) is 8.77. The summed E-state index contributed by atoms with van der Waals surface area (Å²) in [6.07, 6.45) is 0.277. The Balaban J connectivity index is 2.20. The van der Waals surface area contributed by atoms with Crippen molar-refractivity contribution in [2.45, 2.75) is 12.5 Å². The fourth-order valence-corrected chi connectivity index (χ4v) is 2.52. The van der Waals surface area contributed by atoms with E-state index in [-0.39, 0.29) is 17.8 Å². The lowest BCUT2D eigenvalue weighted by Crippen LogP contribution is -2.31. The number of aliphatic carboxylic acids is 1. The third-order valence-corrected chi connectivity index (χ3v) is 3.61. The number of thiophene rings is 1. The Morgan fingerprint density at radius 3 is 2.70 bits per heavy atom. The maximum absolute atomic E-state index is 11.3. The van der Waals surface area contributed by atoms with Crippen LogP contribution in [-0.4, -0.2) is 22.0 Å². The van der Waals surface area contributed by atoms with Crippen molar-refractivity contribution in [3.63, 3.8) is 0 Å². The molecule has 0 fully saturated rings. The van der Waals surface area contributed by atoms with Gasteiger partial charge in [-0.25, -0.2) is 4.79 Å². The number of carbonyl (C=O) groups is 1. The first-order valence-electron chi connectivity index (χ1n) is 5.83. The first kappa shape index (κ1) is 14.0. The molecule has 0 saturated heterocycles. The van der Waals surface area contributed by atoms with Crippen molar-refractivity contribution < 1.29 is 14.8 Å². The molecular formula is C13H12N2O4S. The van der Waals surface area contributed by atoms with E-state index in [1.54, 1.807) is 12.1 Å². The number of nitro groups is 1. The fourth-order valence-electron chi connectivity index (χ4n) is 1.77. The lowest BCUT2D eigenvalue weighted by atomic mass is 10.1. The number of anilines is 1. The number of carboxylic acid groups (broad SMARTS) is 1. The number of rotatable bonds is 6. The SMILES string of the molecule is O=C(O)C(Cc1cccs1)Nc1ccccc1[N+](=O)[O-]. The van der Waals surface area contributed by atoms with Gasteiger partial charge in [0.1, 0.15) is 11.7 Å². The zero-order valence-corrected chi connectivity index (χ0v) is 11.2. The van der Waals surface area contributed by atoms with Gasteiger partial charge in [0, 0.05) is 17.4 Å². The highest BCUT2D eigenvalue weighted by molar-refractivity contribution is 7.09. The van der Waals surface area contributed by atoms with Gasteiger partial charge in [0.25, 0.3) is 5.69 Å². The Morgan fingerprint density at radius 1 is 1.35 bits per heavy atom. The highest BCUT2D eigenvalue weighted by Crippen LogP contribution is 2.25. The van der Waals surface area contributed by atoms with E-state index in [1.807, 2.05) is 17.5 Å². The number of para-hydroxylation sites is 2. The fraction of sp³-hybridized carbons (Fsp3) is 0.154. The van der Waals surface area contributed by atoms with Gasteiger partial charge in [-0.05, 0) is 17.5 Å². The van der Waals surface area contributed by atoms with E-state index in [0.29, 0.717) is 0 Å². The Hall–Kier alpha value is -2.41. The minimum atomic E-state index is -1.04. The van der Waals surface area contributed by atoms with E-state index in [4.69, 9.17) is 0 Å². The molecule has 2 N–H and O–H groups in total. The Bertz CT molecular complexity index is 613. The summed E-state index contributed by atoms with van der Waals surface area (Å²) in [5.74, 6) is -1.04. The molecule has 1 atom stereocenters. The maximum Gasteiger partial charge on any atom is 0.326 e. The predicted molar refractivity (Wildman–Crippen MR) is 76.2 cm³/mol. The summed E-state index contributed by atoms with van der Waals surface area (Å²) >= 11 is 1.45. The number of benzene rings is 1. The Kier molecular flexibility index (Phi) is 4.31. The van der Waals surface area contributed by atoms with Crippen LogP contribution in [0.25, 0.3) is 0 Å². The van der Waals surface area contributed by atoms with Gasteiger partial charge in [0.2, 0.25) is 0 Å². The van der Waals surface area contributed by atoms with E-state index in [9.17, 15) is 20.0 Å². The smallest absolute Gasteiger partial charge is 0.326 e. The molecule has 0 aliphatic rings. The second-order valence-corrected chi connectivity index (χ2v) is 5.13. The molecule has 2 aromatic rings. The molecule has 0 saturated carbocycles. The number of nitrogens with zero attached hydrogens (tertiary/aromatic N) is 1. The van der Waals surface area contributed by atoms with Gasteiger partial charge in [-0.1, -0.05) is 18.2 Å². The van der Waals surface area contributed by atoms with Crippen molar-refractivity contribution in [3.8, 4) is 0 Å². The summed E-state index contributed by atoms with van der Waals surface area (Å²) in [4.78, 5) is 22.6. The Morgan fingerprint density at radius 2 is 2.10 bits per heavy atom. The van der Waals surface area contributed by atoms with Gasteiger partial charge in [0.05, 0.1) is 4.92 Å². The molecular weight excluding hydrogens is 280 g/mol. The number of carboxylic acids is 1. The van der Waals surface area contributed by atoms with E-state index in [1.165, 1.54) is 23.5 Å². The van der Waals surface area contributed by atoms with Crippen LogP contribution in [0.2, 0.25) is 0 Å². The Labute approximate surface area is 118 Å². The van der Waals surface area contributed by atoms with Crippen molar-refractivity contribution >= 4 is 28.7 Å². The van der Waals surface area contributed by atoms with Crippen LogP contribution < -0.4 is 5.32 Å². The van der Waals surface area contributed by atoms with Crippen LogP contribution in [0.4, 0.5) is 11.4 Å². The zero-order chi connectivity index (χ0) is 14.5. The normalized spacial score (nSPS) is 11.8. The number of hydrogen-bond donors (Lipinski definition) is 2. The molecule has 0 spiro atoms. The van der Waals surface area contributed by atoms with Crippen LogP contribution in [-0.2, 0) is 11.2 Å². The van der Waals surface area contributed by atoms with Gasteiger partial charge >= 0.3 is 5.97 Å². The number of nitro benzene ring substituents is 1. The van der Waals surface area contributed by atoms with Gasteiger partial charge in [-0.2, -0.15) is 0 Å². The summed E-state index contributed by atoms with van der Waals surface area (Å²) in [7, 11) is 0. The second-order valence-electron chi connectivity index (χ2n) is 4.09. The number of hydrogen-bond acceptors (Lipinski definition) is 5. The van der Waals surface area contributed by atoms with Crippen molar-refractivity contribution in [3.05, 3.63) is 56.8 Å². The van der Waals surface area contributed by atoms with E-state index in [0.717, 1.165) is 4.88 Å². The van der Waals surface area contributed by atoms with Crippen LogP contribution >= 0.6 is 11.3 Å². The molecule has 1 aromatic carbocycles. The third-order valence-electron chi connectivity index (χ3n) is 2.71. The highest BCUT2D eigenvalue weighted by atomic mass is 32.1. The van der Waals surface area contributed by atoms with E-state index in [2.05, 4.69) is 5.32 Å². The predicted octanol–water partition coefficient (Wildman–Crippen LogP) is 2.76. The van der Waals surface area contributed by atoms with Gasteiger partial charge in [0.15, 0.2) is 0 Å². The first-order chi connectivity index (χ1) is 9.58. The molecule has 1 heterocycles. The number of nitrogens with one attached hydrogen (secondary N) is 1. The van der Waals surface area contributed by atoms with Crippen molar-refractivity contribution in [2.24, 2.45) is 0 Å². The molecule has 0 radical (unpaired) electrons. The minimum absolute atomic E-state index is 0.134. The average molecular weight is 292 g/mol. The third kappa shape index (κ3) is 3.33. The van der Waals surface area contributed by atoms with Gasteiger partial charge in [-0.3, -0.25) is 10.1 Å². The van der Waals surface area contributed by atoms with Crippen molar-refractivity contribution in [1.82, 2.24) is 0 Å². The molecule has 0 bridgehead atoms. The molecule has 0 aliphatic carbocycles. The van der Waals surface area contributed by atoms with Crippen LogP contribution in [0, 0.1) is 10.1 Å². The van der Waals surface area contributed by atoms with Crippen molar-refractivity contribution in [1.29, 1.82) is 0 Å². The molecule has 0 amide bonds. The van der Waals surface area contributed by atoms with E-state index >= 15 is 0 Å².